The van der Waals surface area contributed by atoms with Crippen LogP contribution >= 0.6 is 0 Å². The van der Waals surface area contributed by atoms with Gasteiger partial charge in [-0.05, 0) is 20.3 Å². The van der Waals surface area contributed by atoms with Crippen LogP contribution in [0.3, 0.4) is 0 Å². The molecule has 0 aliphatic carbocycles. The molecule has 5 nitrogen and oxygen atoms in total. The number of ether oxygens (including phenoxy) is 2. The molecule has 0 aromatic heterocycles. The van der Waals surface area contributed by atoms with Gasteiger partial charge in [0.2, 0.25) is 0 Å². The van der Waals surface area contributed by atoms with Crippen molar-refractivity contribution in [3.63, 3.8) is 0 Å². The molecule has 94 valence electrons. The summed E-state index contributed by atoms with van der Waals surface area (Å²) in [5.41, 5.74) is 5.58. The maximum absolute atomic E-state index is 11.1. The molecule has 1 saturated heterocycles. The molecular formula is C11H22N2O3. The van der Waals surface area contributed by atoms with Crippen LogP contribution in [0.1, 0.15) is 20.3 Å². The third-order valence-corrected chi connectivity index (χ3v) is 2.76. The van der Waals surface area contributed by atoms with Gasteiger partial charge in [-0.3, -0.25) is 9.69 Å². The number of rotatable bonds is 4. The summed E-state index contributed by atoms with van der Waals surface area (Å²) >= 11 is 0. The largest absolute Gasteiger partial charge is 0.468 e. The van der Waals surface area contributed by atoms with Crippen molar-refractivity contribution in [3.05, 3.63) is 0 Å². The van der Waals surface area contributed by atoms with Crippen molar-refractivity contribution >= 4 is 5.97 Å². The molecule has 1 aliphatic rings. The molecule has 0 aromatic rings. The SMILES string of the molecule is COC(=O)C(N)CCN1CCOC(C)(C)C1. The fourth-order valence-electron chi connectivity index (χ4n) is 1.90. The highest BCUT2D eigenvalue weighted by Gasteiger charge is 2.27. The second kappa shape index (κ2) is 5.61. The Balaban J connectivity index is 2.30. The molecule has 0 aromatic carbocycles. The van der Waals surface area contributed by atoms with Gasteiger partial charge in [0.05, 0.1) is 19.3 Å². The summed E-state index contributed by atoms with van der Waals surface area (Å²) in [7, 11) is 1.36. The Bertz CT molecular complexity index is 243. The summed E-state index contributed by atoms with van der Waals surface area (Å²) in [4.78, 5) is 13.4. The van der Waals surface area contributed by atoms with Gasteiger partial charge in [-0.25, -0.2) is 0 Å². The van der Waals surface area contributed by atoms with Crippen molar-refractivity contribution in [1.29, 1.82) is 0 Å². The van der Waals surface area contributed by atoms with E-state index in [2.05, 4.69) is 23.5 Å². The van der Waals surface area contributed by atoms with Gasteiger partial charge in [0.15, 0.2) is 0 Å². The fraction of sp³-hybridized carbons (Fsp3) is 0.909. The second-order valence-electron chi connectivity index (χ2n) is 4.80. The zero-order valence-electron chi connectivity index (χ0n) is 10.4. The van der Waals surface area contributed by atoms with E-state index in [4.69, 9.17) is 10.5 Å². The average molecular weight is 230 g/mol. The van der Waals surface area contributed by atoms with Crippen LogP contribution in [0.5, 0.6) is 0 Å². The number of carbonyl (C=O) groups is 1. The molecule has 2 N–H and O–H groups in total. The molecule has 1 atom stereocenters. The lowest BCUT2D eigenvalue weighted by molar-refractivity contribution is -0.142. The third kappa shape index (κ3) is 4.08. The maximum atomic E-state index is 11.1. The quantitative estimate of drug-likeness (QED) is 0.688. The number of hydrogen-bond acceptors (Lipinski definition) is 5. The molecule has 1 unspecified atom stereocenters. The van der Waals surface area contributed by atoms with Crippen molar-refractivity contribution in [1.82, 2.24) is 4.90 Å². The topological polar surface area (TPSA) is 64.8 Å². The summed E-state index contributed by atoms with van der Waals surface area (Å²) in [5.74, 6) is -0.340. The third-order valence-electron chi connectivity index (χ3n) is 2.76. The summed E-state index contributed by atoms with van der Waals surface area (Å²) in [6.07, 6.45) is 0.628. The number of morpholine rings is 1. The van der Waals surface area contributed by atoms with Crippen molar-refractivity contribution in [2.24, 2.45) is 5.73 Å². The number of nitrogens with zero attached hydrogens (tertiary/aromatic N) is 1. The average Bonchev–Trinajstić information content (AvgIpc) is 2.23. The van der Waals surface area contributed by atoms with Crippen LogP contribution < -0.4 is 5.73 Å². The molecule has 5 heteroatoms. The van der Waals surface area contributed by atoms with E-state index >= 15 is 0 Å². The van der Waals surface area contributed by atoms with E-state index < -0.39 is 6.04 Å². The molecule has 1 fully saturated rings. The zero-order valence-corrected chi connectivity index (χ0v) is 10.4. The van der Waals surface area contributed by atoms with Gasteiger partial charge < -0.3 is 15.2 Å². The van der Waals surface area contributed by atoms with Gasteiger partial charge in [0.25, 0.3) is 0 Å². The van der Waals surface area contributed by atoms with E-state index in [0.717, 1.165) is 26.2 Å². The normalized spacial score (nSPS) is 22.8. The Kier molecular flexibility index (Phi) is 4.70. The highest BCUT2D eigenvalue weighted by molar-refractivity contribution is 5.75. The number of esters is 1. The van der Waals surface area contributed by atoms with E-state index in [-0.39, 0.29) is 11.6 Å². The van der Waals surface area contributed by atoms with Crippen molar-refractivity contribution < 1.29 is 14.3 Å². The Morgan fingerprint density at radius 3 is 2.88 bits per heavy atom. The first-order valence-corrected chi connectivity index (χ1v) is 5.64. The lowest BCUT2D eigenvalue weighted by Gasteiger charge is -2.38. The van der Waals surface area contributed by atoms with Crippen LogP contribution in [0, 0.1) is 0 Å². The molecule has 0 spiro atoms. The van der Waals surface area contributed by atoms with Crippen LogP contribution in [0.15, 0.2) is 0 Å². The lowest BCUT2D eigenvalue weighted by Crippen LogP contribution is -2.49. The molecule has 0 bridgehead atoms. The van der Waals surface area contributed by atoms with Crippen LogP contribution in [0.4, 0.5) is 0 Å². The van der Waals surface area contributed by atoms with Crippen LogP contribution in [0.2, 0.25) is 0 Å². The van der Waals surface area contributed by atoms with E-state index in [9.17, 15) is 4.79 Å². The van der Waals surface area contributed by atoms with Gasteiger partial charge in [-0.1, -0.05) is 0 Å². The Morgan fingerprint density at radius 1 is 1.62 bits per heavy atom. The summed E-state index contributed by atoms with van der Waals surface area (Å²) in [5, 5.41) is 0. The Morgan fingerprint density at radius 2 is 2.31 bits per heavy atom. The minimum Gasteiger partial charge on any atom is -0.468 e. The zero-order chi connectivity index (χ0) is 12.2. The summed E-state index contributed by atoms with van der Waals surface area (Å²) in [6, 6.07) is -0.518. The minimum atomic E-state index is -0.518. The van der Waals surface area contributed by atoms with Gasteiger partial charge in [-0.15, -0.1) is 0 Å². The standard InChI is InChI=1S/C11H22N2O3/c1-11(2)8-13(6-7-16-11)5-4-9(12)10(14)15-3/h9H,4-8,12H2,1-3H3. The molecule has 16 heavy (non-hydrogen) atoms. The van der Waals surface area contributed by atoms with Gasteiger partial charge in [0.1, 0.15) is 6.04 Å². The molecule has 0 saturated carbocycles. The van der Waals surface area contributed by atoms with E-state index in [0.29, 0.717) is 6.42 Å². The summed E-state index contributed by atoms with van der Waals surface area (Å²) in [6.45, 7) is 7.46. The van der Waals surface area contributed by atoms with Crippen molar-refractivity contribution in [3.8, 4) is 0 Å². The molecule has 0 radical (unpaired) electrons. The van der Waals surface area contributed by atoms with Crippen LogP contribution in [-0.4, -0.2) is 55.9 Å². The van der Waals surface area contributed by atoms with Crippen molar-refractivity contribution in [2.75, 3.05) is 33.4 Å². The first-order valence-electron chi connectivity index (χ1n) is 5.64. The number of carbonyl (C=O) groups excluding carboxylic acids is 1. The molecule has 1 heterocycles. The Labute approximate surface area is 96.9 Å². The smallest absolute Gasteiger partial charge is 0.322 e. The Hall–Kier alpha value is -0.650. The highest BCUT2D eigenvalue weighted by atomic mass is 16.5. The molecular weight excluding hydrogens is 208 g/mol. The number of methoxy groups -OCH3 is 1. The lowest BCUT2D eigenvalue weighted by atomic mass is 10.1. The number of hydrogen-bond donors (Lipinski definition) is 1. The van der Waals surface area contributed by atoms with Crippen LogP contribution in [-0.2, 0) is 14.3 Å². The second-order valence-corrected chi connectivity index (χ2v) is 4.80. The highest BCUT2D eigenvalue weighted by Crippen LogP contribution is 2.16. The van der Waals surface area contributed by atoms with Gasteiger partial charge in [-0.2, -0.15) is 0 Å². The first kappa shape index (κ1) is 13.4. The van der Waals surface area contributed by atoms with E-state index in [1.54, 1.807) is 0 Å². The predicted molar refractivity (Wildman–Crippen MR) is 61.1 cm³/mol. The monoisotopic (exact) mass is 230 g/mol. The first-order chi connectivity index (χ1) is 7.44. The summed E-state index contributed by atoms with van der Waals surface area (Å²) < 4.78 is 10.2. The maximum Gasteiger partial charge on any atom is 0.322 e. The molecule has 0 amide bonds. The van der Waals surface area contributed by atoms with Gasteiger partial charge in [0, 0.05) is 19.6 Å². The fourth-order valence-corrected chi connectivity index (χ4v) is 1.90. The van der Waals surface area contributed by atoms with Crippen LogP contribution in [0.25, 0.3) is 0 Å². The van der Waals surface area contributed by atoms with E-state index in [1.807, 2.05) is 0 Å². The predicted octanol–water partition coefficient (Wildman–Crippen LogP) is -0.0124. The molecule has 1 aliphatic heterocycles. The van der Waals surface area contributed by atoms with Gasteiger partial charge >= 0.3 is 5.97 Å². The number of nitrogens with two attached hydrogens (primary N) is 1. The molecule has 1 rings (SSSR count). The van der Waals surface area contributed by atoms with E-state index in [1.165, 1.54) is 7.11 Å². The minimum absolute atomic E-state index is 0.104. The van der Waals surface area contributed by atoms with Crippen molar-refractivity contribution in [2.45, 2.75) is 31.9 Å².